The van der Waals surface area contributed by atoms with Crippen LogP contribution in [0.25, 0.3) is 11.0 Å². The van der Waals surface area contributed by atoms with Crippen molar-refractivity contribution < 1.29 is 21.6 Å². The van der Waals surface area contributed by atoms with Crippen LogP contribution in [0.15, 0.2) is 76.5 Å². The van der Waals surface area contributed by atoms with Gasteiger partial charge in [0, 0.05) is 10.6 Å². The van der Waals surface area contributed by atoms with Crippen molar-refractivity contribution in [2.45, 2.75) is 22.5 Å². The van der Waals surface area contributed by atoms with Gasteiger partial charge >= 0.3 is 0 Å². The Morgan fingerprint density at radius 3 is 2.15 bits per heavy atom. The quantitative estimate of drug-likeness (QED) is 0.312. The van der Waals surface area contributed by atoms with E-state index in [-0.39, 0.29) is 22.1 Å². The van der Waals surface area contributed by atoms with E-state index in [9.17, 15) is 21.6 Å². The highest BCUT2D eigenvalue weighted by Crippen LogP contribution is 2.30. The zero-order valence-electron chi connectivity index (χ0n) is 17.1. The van der Waals surface area contributed by atoms with Crippen molar-refractivity contribution in [3.8, 4) is 0 Å². The molecule has 0 amide bonds. The number of rotatable bonds is 7. The molecule has 1 heterocycles. The van der Waals surface area contributed by atoms with Gasteiger partial charge in [-0.15, -0.1) is 0 Å². The van der Waals surface area contributed by atoms with E-state index in [1.807, 2.05) is 0 Å². The minimum Gasteiger partial charge on any atom is -0.337 e. The Kier molecular flexibility index (Phi) is 6.43. The largest absolute Gasteiger partial charge is 0.337 e. The average Bonchev–Trinajstić information content (AvgIpc) is 2.74. The molecule has 4 rings (SSSR count). The van der Waals surface area contributed by atoms with Crippen LogP contribution in [0, 0.1) is 12.7 Å². The third-order valence-corrected chi connectivity index (χ3v) is 6.79. The van der Waals surface area contributed by atoms with Gasteiger partial charge < -0.3 is 5.32 Å². The van der Waals surface area contributed by atoms with Crippen molar-refractivity contribution >= 4 is 50.1 Å². The zero-order valence-corrected chi connectivity index (χ0v) is 18.7. The number of benzene rings is 3. The summed E-state index contributed by atoms with van der Waals surface area (Å²) >= 11 is 0.419. The van der Waals surface area contributed by atoms with E-state index in [2.05, 4.69) is 20.0 Å². The van der Waals surface area contributed by atoms with Crippen LogP contribution >= 0.6 is 11.8 Å². The summed E-state index contributed by atoms with van der Waals surface area (Å²) in [5.74, 6) is -3.03. The number of anilines is 3. The molecule has 0 saturated carbocycles. The Morgan fingerprint density at radius 1 is 0.909 bits per heavy atom. The van der Waals surface area contributed by atoms with Gasteiger partial charge in [-0.3, -0.25) is 4.72 Å². The first-order chi connectivity index (χ1) is 15.7. The van der Waals surface area contributed by atoms with Crippen molar-refractivity contribution in [2.75, 3.05) is 10.0 Å². The fourth-order valence-electron chi connectivity index (χ4n) is 3.11. The summed E-state index contributed by atoms with van der Waals surface area (Å²) < 4.78 is 67.0. The molecule has 0 atom stereocenters. The van der Waals surface area contributed by atoms with E-state index in [0.717, 1.165) is 12.1 Å². The first kappa shape index (κ1) is 22.9. The molecule has 0 bridgehead atoms. The van der Waals surface area contributed by atoms with Crippen LogP contribution in [-0.2, 0) is 10.0 Å². The van der Waals surface area contributed by atoms with Gasteiger partial charge in [0.2, 0.25) is 0 Å². The number of alkyl halides is 2. The van der Waals surface area contributed by atoms with Gasteiger partial charge in [-0.2, -0.15) is 8.78 Å². The highest BCUT2D eigenvalue weighted by atomic mass is 32.2. The minimum atomic E-state index is -4.11. The van der Waals surface area contributed by atoms with Gasteiger partial charge in [-0.05, 0) is 67.1 Å². The molecule has 0 fully saturated rings. The number of sulfonamides is 1. The minimum absolute atomic E-state index is 0.0662. The Labute approximate surface area is 192 Å². The van der Waals surface area contributed by atoms with Crippen LogP contribution in [0.3, 0.4) is 0 Å². The molecule has 0 aliphatic heterocycles. The summed E-state index contributed by atoms with van der Waals surface area (Å²) in [7, 11) is -4.11. The van der Waals surface area contributed by atoms with Gasteiger partial charge in [0.05, 0.1) is 15.9 Å². The lowest BCUT2D eigenvalue weighted by atomic mass is 10.2. The molecule has 1 aromatic heterocycles. The van der Waals surface area contributed by atoms with Crippen LogP contribution in [-0.4, -0.2) is 24.1 Å². The number of hydrogen-bond donors (Lipinski definition) is 2. The summed E-state index contributed by atoms with van der Waals surface area (Å²) in [6.07, 6.45) is 0. The zero-order chi connectivity index (χ0) is 23.6. The number of hydrogen-bond acceptors (Lipinski definition) is 6. The molecule has 0 unspecified atom stereocenters. The number of halogens is 3. The second-order valence-electron chi connectivity index (χ2n) is 6.95. The molecule has 170 valence electrons. The van der Waals surface area contributed by atoms with Crippen LogP contribution in [0.1, 0.15) is 5.56 Å². The summed E-state index contributed by atoms with van der Waals surface area (Å²) in [5, 5.41) is 2.99. The smallest absolute Gasteiger partial charge is 0.288 e. The van der Waals surface area contributed by atoms with Crippen LogP contribution < -0.4 is 10.0 Å². The maximum absolute atomic E-state index is 13.5. The molecule has 0 radical (unpaired) electrons. The molecule has 0 aliphatic rings. The molecular formula is C22H17F3N4O2S2. The summed E-state index contributed by atoms with van der Waals surface area (Å²) in [6.45, 7) is 1.49. The monoisotopic (exact) mass is 490 g/mol. The summed E-state index contributed by atoms with van der Waals surface area (Å²) in [5.41, 5.74) is 1.71. The van der Waals surface area contributed by atoms with Crippen molar-refractivity contribution in [1.82, 2.24) is 9.97 Å². The van der Waals surface area contributed by atoms with Crippen molar-refractivity contribution in [3.05, 3.63) is 78.1 Å². The van der Waals surface area contributed by atoms with E-state index in [4.69, 9.17) is 0 Å². The number of nitrogens with zero attached hydrogens (tertiary/aromatic N) is 2. The summed E-state index contributed by atoms with van der Waals surface area (Å²) in [4.78, 5) is 9.15. The number of aromatic nitrogens is 2. The average molecular weight is 491 g/mol. The molecule has 6 nitrogen and oxygen atoms in total. The van der Waals surface area contributed by atoms with Gasteiger partial charge in [-0.25, -0.2) is 22.8 Å². The predicted molar refractivity (Wildman–Crippen MR) is 123 cm³/mol. The van der Waals surface area contributed by atoms with Crippen molar-refractivity contribution in [1.29, 1.82) is 0 Å². The first-order valence-electron chi connectivity index (χ1n) is 9.59. The number of nitrogens with one attached hydrogen (secondary N) is 2. The molecule has 0 saturated heterocycles. The van der Waals surface area contributed by atoms with E-state index < -0.39 is 21.6 Å². The lowest BCUT2D eigenvalue weighted by Crippen LogP contribution is -2.17. The molecule has 3 aromatic carbocycles. The van der Waals surface area contributed by atoms with Gasteiger partial charge in [-0.1, -0.05) is 23.9 Å². The lowest BCUT2D eigenvalue weighted by Gasteiger charge is -2.15. The highest BCUT2D eigenvalue weighted by molar-refractivity contribution is 7.99. The predicted octanol–water partition coefficient (Wildman–Crippen LogP) is 5.94. The maximum atomic E-state index is 13.5. The lowest BCUT2D eigenvalue weighted by molar-refractivity contribution is 0.252. The highest BCUT2D eigenvalue weighted by Gasteiger charge is 2.21. The Balaban J connectivity index is 1.72. The van der Waals surface area contributed by atoms with E-state index in [0.29, 0.717) is 33.4 Å². The molecular weight excluding hydrogens is 473 g/mol. The Bertz CT molecular complexity index is 1420. The molecule has 11 heteroatoms. The number of aryl methyl sites for hydroxylation is 1. The molecule has 4 aromatic rings. The third kappa shape index (κ3) is 5.37. The molecule has 0 spiro atoms. The fraction of sp³-hybridized carbons (Fsp3) is 0.0909. The first-order valence-corrected chi connectivity index (χ1v) is 12.0. The van der Waals surface area contributed by atoms with Crippen molar-refractivity contribution in [2.24, 2.45) is 0 Å². The maximum Gasteiger partial charge on any atom is 0.288 e. The van der Waals surface area contributed by atoms with Gasteiger partial charge in [0.25, 0.3) is 15.8 Å². The van der Waals surface area contributed by atoms with Gasteiger partial charge in [0.15, 0.2) is 11.6 Å². The van der Waals surface area contributed by atoms with Crippen LogP contribution in [0.5, 0.6) is 0 Å². The Hall–Kier alpha value is -3.31. The Morgan fingerprint density at radius 2 is 1.55 bits per heavy atom. The second-order valence-corrected chi connectivity index (χ2v) is 9.67. The van der Waals surface area contributed by atoms with Crippen LogP contribution in [0.4, 0.5) is 30.5 Å². The van der Waals surface area contributed by atoms with Crippen molar-refractivity contribution in [3.63, 3.8) is 0 Å². The molecule has 0 aliphatic carbocycles. The normalized spacial score (nSPS) is 11.7. The van der Waals surface area contributed by atoms with E-state index >= 15 is 0 Å². The standard InChI is InChI=1S/C22H17F3N4O2S2/c1-13-12-14(23)6-11-19(13)33(30,31)29-21-20(27-17-4-2-3-5-18(17)28-21)26-15-7-9-16(10-8-15)32-22(24)25/h2-12,22H,1H3,(H,26,27)(H,28,29). The number of para-hydroxylation sites is 2. The topological polar surface area (TPSA) is 84.0 Å². The number of thioether (sulfide) groups is 1. The third-order valence-electron chi connectivity index (χ3n) is 4.57. The molecule has 2 N–H and O–H groups in total. The second kappa shape index (κ2) is 9.28. The van der Waals surface area contributed by atoms with E-state index in [1.54, 1.807) is 36.4 Å². The fourth-order valence-corrected chi connectivity index (χ4v) is 4.85. The van der Waals surface area contributed by atoms with Crippen LogP contribution in [0.2, 0.25) is 0 Å². The van der Waals surface area contributed by atoms with Gasteiger partial charge in [0.1, 0.15) is 5.82 Å². The summed E-state index contributed by atoms with van der Waals surface area (Å²) in [6, 6.07) is 16.4. The van der Waals surface area contributed by atoms with E-state index in [1.165, 1.54) is 25.1 Å². The SMILES string of the molecule is Cc1cc(F)ccc1S(=O)(=O)Nc1nc2ccccc2nc1Nc1ccc(SC(F)F)cc1. The molecule has 33 heavy (non-hydrogen) atoms. The number of fused-ring (bicyclic) bond motifs is 1.